The number of halogens is 1. The molecule has 1 aliphatic heterocycles. The second-order valence-corrected chi connectivity index (χ2v) is 8.20. The Morgan fingerprint density at radius 2 is 1.89 bits per heavy atom. The molecule has 0 saturated carbocycles. The van der Waals surface area contributed by atoms with Crippen LogP contribution in [0.4, 0.5) is 0 Å². The Labute approximate surface area is 175 Å². The second kappa shape index (κ2) is 8.68. The van der Waals surface area contributed by atoms with Crippen molar-refractivity contribution >= 4 is 26.8 Å². The fraction of sp³-hybridized carbons (Fsp3) is 0.391. The molecular weight excluding hydrogens is 414 g/mol. The van der Waals surface area contributed by atoms with Crippen LogP contribution >= 0.6 is 15.9 Å². The number of hydrogen-bond acceptors (Lipinski definition) is 3. The topological polar surface area (TPSA) is 40.3 Å². The van der Waals surface area contributed by atoms with E-state index in [0.29, 0.717) is 0 Å². The Bertz CT molecular complexity index is 931. The van der Waals surface area contributed by atoms with Gasteiger partial charge in [-0.2, -0.15) is 0 Å². The zero-order valence-electron chi connectivity index (χ0n) is 16.6. The van der Waals surface area contributed by atoms with Crippen LogP contribution in [0.5, 0.6) is 5.75 Å². The second-order valence-electron chi connectivity index (χ2n) is 7.29. The molecule has 2 heterocycles. The van der Waals surface area contributed by atoms with E-state index in [0.717, 1.165) is 49.4 Å². The normalized spacial score (nSPS) is 16.5. The maximum atomic E-state index is 5.94. The number of likely N-dealkylation sites (N-methyl/N-ethyl adjacent to an activating group) is 1. The number of rotatable bonds is 7. The molecule has 0 spiro atoms. The molecule has 4 rings (SSSR count). The van der Waals surface area contributed by atoms with E-state index in [1.807, 2.05) is 0 Å². The summed E-state index contributed by atoms with van der Waals surface area (Å²) in [6, 6.07) is 15.2. The fourth-order valence-electron chi connectivity index (χ4n) is 4.07. The van der Waals surface area contributed by atoms with Crippen molar-refractivity contribution in [1.82, 2.24) is 15.2 Å². The highest BCUT2D eigenvalue weighted by molar-refractivity contribution is 9.10. The SMILES string of the molecule is CCN(CC)CCOc1ccc(C2NCCc3c2[nH]c2ccc(Br)cc32)cc1. The molecule has 2 aromatic carbocycles. The van der Waals surface area contributed by atoms with E-state index in [9.17, 15) is 0 Å². The van der Waals surface area contributed by atoms with Crippen molar-refractivity contribution in [1.29, 1.82) is 0 Å². The summed E-state index contributed by atoms with van der Waals surface area (Å²) in [6.07, 6.45) is 1.05. The average Bonchev–Trinajstić information content (AvgIpc) is 3.10. The number of nitrogens with zero attached hydrogens (tertiary/aromatic N) is 1. The van der Waals surface area contributed by atoms with E-state index in [-0.39, 0.29) is 6.04 Å². The van der Waals surface area contributed by atoms with Crippen molar-refractivity contribution in [3.05, 3.63) is 63.8 Å². The summed E-state index contributed by atoms with van der Waals surface area (Å²) >= 11 is 3.61. The quantitative estimate of drug-likeness (QED) is 0.548. The van der Waals surface area contributed by atoms with Crippen LogP contribution < -0.4 is 10.1 Å². The van der Waals surface area contributed by atoms with Crippen molar-refractivity contribution in [3.8, 4) is 5.75 Å². The molecule has 4 nitrogen and oxygen atoms in total. The highest BCUT2D eigenvalue weighted by atomic mass is 79.9. The first kappa shape index (κ1) is 19.5. The first-order valence-electron chi connectivity index (χ1n) is 10.2. The molecule has 0 fully saturated rings. The minimum Gasteiger partial charge on any atom is -0.492 e. The number of hydrogen-bond donors (Lipinski definition) is 2. The van der Waals surface area contributed by atoms with Crippen LogP contribution in [-0.2, 0) is 6.42 Å². The smallest absolute Gasteiger partial charge is 0.119 e. The predicted octanol–water partition coefficient (Wildman–Crippen LogP) is 4.89. The summed E-state index contributed by atoms with van der Waals surface area (Å²) < 4.78 is 7.07. The van der Waals surface area contributed by atoms with Crippen molar-refractivity contribution in [2.45, 2.75) is 26.3 Å². The van der Waals surface area contributed by atoms with E-state index in [1.165, 1.54) is 27.7 Å². The number of nitrogens with one attached hydrogen (secondary N) is 2. The van der Waals surface area contributed by atoms with Gasteiger partial charge in [0.2, 0.25) is 0 Å². The Balaban J connectivity index is 1.50. The summed E-state index contributed by atoms with van der Waals surface area (Å²) in [7, 11) is 0. The molecule has 28 heavy (non-hydrogen) atoms. The minimum atomic E-state index is 0.194. The molecule has 1 unspecified atom stereocenters. The van der Waals surface area contributed by atoms with Crippen LogP contribution in [0.15, 0.2) is 46.9 Å². The molecule has 148 valence electrons. The largest absolute Gasteiger partial charge is 0.492 e. The van der Waals surface area contributed by atoms with Gasteiger partial charge in [0.1, 0.15) is 12.4 Å². The van der Waals surface area contributed by atoms with Gasteiger partial charge < -0.3 is 19.9 Å². The Morgan fingerprint density at radius 1 is 1.11 bits per heavy atom. The van der Waals surface area contributed by atoms with Crippen LogP contribution in [0.3, 0.4) is 0 Å². The lowest BCUT2D eigenvalue weighted by Gasteiger charge is -2.25. The molecule has 1 atom stereocenters. The maximum absolute atomic E-state index is 5.94. The summed E-state index contributed by atoms with van der Waals surface area (Å²) in [5.74, 6) is 0.938. The molecule has 0 bridgehead atoms. The molecular formula is C23H28BrN3O. The first-order valence-corrected chi connectivity index (χ1v) is 11.0. The third-order valence-corrected chi connectivity index (χ3v) is 6.19. The van der Waals surface area contributed by atoms with Gasteiger partial charge in [-0.1, -0.05) is 41.9 Å². The highest BCUT2D eigenvalue weighted by Crippen LogP contribution is 2.35. The number of fused-ring (bicyclic) bond motifs is 3. The van der Waals surface area contributed by atoms with Crippen LogP contribution in [-0.4, -0.2) is 42.7 Å². The van der Waals surface area contributed by atoms with E-state index in [1.54, 1.807) is 0 Å². The van der Waals surface area contributed by atoms with Crippen molar-refractivity contribution < 1.29 is 4.74 Å². The van der Waals surface area contributed by atoms with Gasteiger partial charge in [0.15, 0.2) is 0 Å². The third-order valence-electron chi connectivity index (χ3n) is 5.70. The Morgan fingerprint density at radius 3 is 2.64 bits per heavy atom. The maximum Gasteiger partial charge on any atom is 0.119 e. The molecule has 1 aromatic heterocycles. The lowest BCUT2D eigenvalue weighted by atomic mass is 9.94. The minimum absolute atomic E-state index is 0.194. The summed E-state index contributed by atoms with van der Waals surface area (Å²) in [6.45, 7) is 9.18. The van der Waals surface area contributed by atoms with Crippen LogP contribution in [0, 0.1) is 0 Å². The summed E-state index contributed by atoms with van der Waals surface area (Å²) in [5.41, 5.74) is 5.19. The van der Waals surface area contributed by atoms with E-state index in [2.05, 4.69) is 87.4 Å². The molecule has 0 aliphatic carbocycles. The lowest BCUT2D eigenvalue weighted by molar-refractivity contribution is 0.223. The van der Waals surface area contributed by atoms with E-state index >= 15 is 0 Å². The van der Waals surface area contributed by atoms with Crippen LogP contribution in [0.1, 0.15) is 36.7 Å². The average molecular weight is 442 g/mol. The number of H-pyrrole nitrogens is 1. The Kier molecular flexibility index (Phi) is 6.04. The first-order chi connectivity index (χ1) is 13.7. The highest BCUT2D eigenvalue weighted by Gasteiger charge is 2.25. The van der Waals surface area contributed by atoms with Crippen LogP contribution in [0.25, 0.3) is 10.9 Å². The standard InChI is InChI=1S/C23H28BrN3O/c1-3-27(4-2)13-14-28-18-8-5-16(6-9-18)22-23-19(11-12-25-22)20-15-17(24)7-10-21(20)26-23/h5-10,15,22,25-26H,3-4,11-14H2,1-2H3. The monoisotopic (exact) mass is 441 g/mol. The van der Waals surface area contributed by atoms with Gasteiger partial charge in [-0.05, 0) is 61.0 Å². The lowest BCUT2D eigenvalue weighted by Crippen LogP contribution is -2.30. The Hall–Kier alpha value is -1.82. The van der Waals surface area contributed by atoms with Gasteiger partial charge in [0.05, 0.1) is 6.04 Å². The summed E-state index contributed by atoms with van der Waals surface area (Å²) in [5, 5.41) is 5.00. The van der Waals surface area contributed by atoms with E-state index < -0.39 is 0 Å². The molecule has 0 amide bonds. The molecule has 3 aromatic rings. The molecule has 0 saturated heterocycles. The molecule has 5 heteroatoms. The van der Waals surface area contributed by atoms with Crippen molar-refractivity contribution in [2.24, 2.45) is 0 Å². The molecule has 0 radical (unpaired) electrons. The number of ether oxygens (including phenoxy) is 1. The van der Waals surface area contributed by atoms with Gasteiger partial charge >= 0.3 is 0 Å². The third kappa shape index (κ3) is 3.97. The van der Waals surface area contributed by atoms with Gasteiger partial charge in [-0.15, -0.1) is 0 Å². The van der Waals surface area contributed by atoms with Crippen molar-refractivity contribution in [2.75, 3.05) is 32.8 Å². The number of aromatic amines is 1. The van der Waals surface area contributed by atoms with Gasteiger partial charge in [-0.3, -0.25) is 0 Å². The van der Waals surface area contributed by atoms with Gasteiger partial charge in [0.25, 0.3) is 0 Å². The van der Waals surface area contributed by atoms with Gasteiger partial charge in [-0.25, -0.2) is 0 Å². The van der Waals surface area contributed by atoms with Crippen molar-refractivity contribution in [3.63, 3.8) is 0 Å². The van der Waals surface area contributed by atoms with Gasteiger partial charge in [0, 0.05) is 34.2 Å². The molecule has 1 aliphatic rings. The van der Waals surface area contributed by atoms with Crippen LogP contribution in [0.2, 0.25) is 0 Å². The molecule has 2 N–H and O–H groups in total. The zero-order valence-corrected chi connectivity index (χ0v) is 18.2. The zero-order chi connectivity index (χ0) is 19.5. The predicted molar refractivity (Wildman–Crippen MR) is 119 cm³/mol. The summed E-state index contributed by atoms with van der Waals surface area (Å²) in [4.78, 5) is 6.02. The fourth-order valence-corrected chi connectivity index (χ4v) is 4.43. The number of aromatic nitrogens is 1. The van der Waals surface area contributed by atoms with E-state index in [4.69, 9.17) is 4.74 Å². The number of benzene rings is 2.